The summed E-state index contributed by atoms with van der Waals surface area (Å²) in [5.74, 6) is 1.31. The highest BCUT2D eigenvalue weighted by Gasteiger charge is 2.24. The average Bonchev–Trinajstić information content (AvgIpc) is 3.08. The van der Waals surface area contributed by atoms with Crippen molar-refractivity contribution >= 4 is 11.9 Å². The van der Waals surface area contributed by atoms with Crippen LogP contribution in [-0.4, -0.2) is 59.0 Å². The predicted molar refractivity (Wildman–Crippen MR) is 91.0 cm³/mol. The molecule has 0 aromatic carbocycles. The Kier molecular flexibility index (Phi) is 5.01. The molecule has 1 saturated heterocycles. The van der Waals surface area contributed by atoms with E-state index in [9.17, 15) is 4.79 Å². The van der Waals surface area contributed by atoms with Gasteiger partial charge in [-0.2, -0.15) is 15.1 Å². The summed E-state index contributed by atoms with van der Waals surface area (Å²) in [4.78, 5) is 23.1. The van der Waals surface area contributed by atoms with E-state index in [0.29, 0.717) is 29.8 Å². The molecule has 0 spiro atoms. The van der Waals surface area contributed by atoms with Gasteiger partial charge in [0.15, 0.2) is 0 Å². The topological polar surface area (TPSA) is 94.4 Å². The van der Waals surface area contributed by atoms with Crippen molar-refractivity contribution in [3.63, 3.8) is 0 Å². The van der Waals surface area contributed by atoms with Crippen LogP contribution in [0.5, 0.6) is 11.8 Å². The summed E-state index contributed by atoms with van der Waals surface area (Å²) < 4.78 is 12.0. The van der Waals surface area contributed by atoms with E-state index >= 15 is 0 Å². The minimum atomic E-state index is -0.121. The molecule has 0 radical (unpaired) electrons. The van der Waals surface area contributed by atoms with Gasteiger partial charge in [-0.3, -0.25) is 9.48 Å². The first-order valence-corrected chi connectivity index (χ1v) is 8.10. The van der Waals surface area contributed by atoms with Crippen molar-refractivity contribution in [3.05, 3.63) is 24.0 Å². The quantitative estimate of drug-likeness (QED) is 0.848. The summed E-state index contributed by atoms with van der Waals surface area (Å²) in [6.07, 6.45) is 5.10. The molecular weight excluding hydrogens is 324 g/mol. The van der Waals surface area contributed by atoms with Crippen molar-refractivity contribution < 1.29 is 14.3 Å². The smallest absolute Gasteiger partial charge is 0.254 e. The molecule has 0 aliphatic carbocycles. The molecule has 1 fully saturated rings. The molecule has 134 valence electrons. The van der Waals surface area contributed by atoms with Crippen molar-refractivity contribution in [2.75, 3.05) is 32.2 Å². The Morgan fingerprint density at radius 3 is 2.60 bits per heavy atom. The van der Waals surface area contributed by atoms with Crippen molar-refractivity contribution in [2.45, 2.75) is 18.9 Å². The molecule has 3 rings (SSSR count). The highest BCUT2D eigenvalue weighted by molar-refractivity contribution is 5.93. The first-order chi connectivity index (χ1) is 12.1. The summed E-state index contributed by atoms with van der Waals surface area (Å²) in [7, 11) is 4.89. The van der Waals surface area contributed by atoms with Crippen LogP contribution < -0.4 is 19.7 Å². The lowest BCUT2D eigenvalue weighted by Gasteiger charge is -2.33. The number of hydrogen-bond donors (Lipinski definition) is 1. The minimum Gasteiger partial charge on any atom is -0.481 e. The van der Waals surface area contributed by atoms with Crippen LogP contribution in [0.4, 0.5) is 5.95 Å². The van der Waals surface area contributed by atoms with Gasteiger partial charge in [0.2, 0.25) is 17.7 Å². The minimum absolute atomic E-state index is 0.0160. The second kappa shape index (κ2) is 7.37. The van der Waals surface area contributed by atoms with Gasteiger partial charge < -0.3 is 19.7 Å². The van der Waals surface area contributed by atoms with E-state index < -0.39 is 0 Å². The van der Waals surface area contributed by atoms with Gasteiger partial charge in [-0.15, -0.1) is 0 Å². The third kappa shape index (κ3) is 3.98. The number of piperidine rings is 1. The molecular formula is C16H22N6O3. The maximum atomic E-state index is 12.3. The second-order valence-electron chi connectivity index (χ2n) is 5.91. The summed E-state index contributed by atoms with van der Waals surface area (Å²) in [6, 6.07) is 1.65. The number of rotatable bonds is 5. The molecule has 0 bridgehead atoms. The van der Waals surface area contributed by atoms with Gasteiger partial charge in [-0.05, 0) is 12.8 Å². The summed E-state index contributed by atoms with van der Waals surface area (Å²) in [6.45, 7) is 1.44. The summed E-state index contributed by atoms with van der Waals surface area (Å²) in [5.41, 5.74) is 0.555. The number of carbonyl (C=O) groups is 1. The first kappa shape index (κ1) is 17.0. The van der Waals surface area contributed by atoms with Gasteiger partial charge >= 0.3 is 0 Å². The molecule has 0 saturated carbocycles. The summed E-state index contributed by atoms with van der Waals surface area (Å²) in [5, 5.41) is 7.08. The van der Waals surface area contributed by atoms with Crippen molar-refractivity contribution in [3.8, 4) is 11.8 Å². The highest BCUT2D eigenvalue weighted by Crippen LogP contribution is 2.23. The van der Waals surface area contributed by atoms with E-state index in [2.05, 4.69) is 20.4 Å². The lowest BCUT2D eigenvalue weighted by atomic mass is 10.1. The third-order valence-corrected chi connectivity index (χ3v) is 4.09. The Morgan fingerprint density at radius 2 is 2.00 bits per heavy atom. The van der Waals surface area contributed by atoms with E-state index in [-0.39, 0.29) is 11.9 Å². The van der Waals surface area contributed by atoms with E-state index in [1.807, 2.05) is 4.90 Å². The Balaban J connectivity index is 1.69. The van der Waals surface area contributed by atoms with Crippen molar-refractivity contribution in [1.82, 2.24) is 25.1 Å². The maximum absolute atomic E-state index is 12.3. The van der Waals surface area contributed by atoms with Crippen LogP contribution in [0.3, 0.4) is 0 Å². The van der Waals surface area contributed by atoms with Crippen LogP contribution in [0.1, 0.15) is 23.2 Å². The normalized spacial score (nSPS) is 17.2. The third-order valence-electron chi connectivity index (χ3n) is 4.09. The Hall–Kier alpha value is -2.84. The zero-order valence-electron chi connectivity index (χ0n) is 14.6. The number of aryl methyl sites for hydroxylation is 1. The van der Waals surface area contributed by atoms with Gasteiger partial charge in [0, 0.05) is 32.4 Å². The Morgan fingerprint density at radius 1 is 1.28 bits per heavy atom. The molecule has 1 amide bonds. The SMILES string of the molecule is COc1cc(OC)nc(N2CCCC(NC(=O)c3cnn(C)c3)C2)n1. The fraction of sp³-hybridized carbons (Fsp3) is 0.500. The highest BCUT2D eigenvalue weighted by atomic mass is 16.5. The molecule has 25 heavy (non-hydrogen) atoms. The molecule has 9 heteroatoms. The van der Waals surface area contributed by atoms with Crippen LogP contribution >= 0.6 is 0 Å². The standard InChI is InChI=1S/C16H22N6O3/c1-21-9-11(8-17-21)15(23)18-12-5-4-6-22(10-12)16-19-13(24-2)7-14(20-16)25-3/h7-9,12H,4-6,10H2,1-3H3,(H,18,23). The number of amides is 1. The fourth-order valence-electron chi connectivity index (χ4n) is 2.83. The average molecular weight is 346 g/mol. The lowest BCUT2D eigenvalue weighted by molar-refractivity contribution is 0.0933. The largest absolute Gasteiger partial charge is 0.481 e. The summed E-state index contributed by atoms with van der Waals surface area (Å²) >= 11 is 0. The monoisotopic (exact) mass is 346 g/mol. The van der Waals surface area contributed by atoms with E-state index in [1.54, 1.807) is 44.4 Å². The van der Waals surface area contributed by atoms with Gasteiger partial charge in [0.25, 0.3) is 5.91 Å². The lowest BCUT2D eigenvalue weighted by Crippen LogP contribution is -2.48. The van der Waals surface area contributed by atoms with E-state index in [1.165, 1.54) is 0 Å². The number of ether oxygens (including phenoxy) is 2. The van der Waals surface area contributed by atoms with Gasteiger partial charge in [0.1, 0.15) is 0 Å². The van der Waals surface area contributed by atoms with Crippen LogP contribution in [0.2, 0.25) is 0 Å². The van der Waals surface area contributed by atoms with Gasteiger partial charge in [0.05, 0.1) is 32.0 Å². The molecule has 2 aromatic heterocycles. The number of methoxy groups -OCH3 is 2. The zero-order valence-corrected chi connectivity index (χ0v) is 14.6. The van der Waals surface area contributed by atoms with Gasteiger partial charge in [-0.1, -0.05) is 0 Å². The second-order valence-corrected chi connectivity index (χ2v) is 5.91. The first-order valence-electron chi connectivity index (χ1n) is 8.10. The number of carbonyl (C=O) groups excluding carboxylic acids is 1. The van der Waals surface area contributed by atoms with E-state index in [4.69, 9.17) is 9.47 Å². The number of nitrogens with one attached hydrogen (secondary N) is 1. The van der Waals surface area contributed by atoms with Crippen LogP contribution in [0.25, 0.3) is 0 Å². The predicted octanol–water partition coefficient (Wildman–Crippen LogP) is 0.626. The number of nitrogens with zero attached hydrogens (tertiary/aromatic N) is 5. The Labute approximate surface area is 146 Å². The van der Waals surface area contributed by atoms with Crippen molar-refractivity contribution in [1.29, 1.82) is 0 Å². The molecule has 1 atom stereocenters. The fourth-order valence-corrected chi connectivity index (χ4v) is 2.83. The molecule has 3 heterocycles. The van der Waals surface area contributed by atoms with Crippen LogP contribution in [0, 0.1) is 0 Å². The molecule has 9 nitrogen and oxygen atoms in total. The molecule has 1 aliphatic heterocycles. The molecule has 1 unspecified atom stereocenters. The number of hydrogen-bond acceptors (Lipinski definition) is 7. The molecule has 2 aromatic rings. The molecule has 1 aliphatic rings. The Bertz CT molecular complexity index is 725. The molecule has 1 N–H and O–H groups in total. The number of anilines is 1. The zero-order chi connectivity index (χ0) is 17.8. The van der Waals surface area contributed by atoms with Crippen LogP contribution in [-0.2, 0) is 7.05 Å². The van der Waals surface area contributed by atoms with Crippen LogP contribution in [0.15, 0.2) is 18.5 Å². The van der Waals surface area contributed by atoms with Gasteiger partial charge in [-0.25, -0.2) is 0 Å². The number of aromatic nitrogens is 4. The van der Waals surface area contributed by atoms with E-state index in [0.717, 1.165) is 19.4 Å². The van der Waals surface area contributed by atoms with Crippen molar-refractivity contribution in [2.24, 2.45) is 7.05 Å². The maximum Gasteiger partial charge on any atom is 0.254 e.